The predicted molar refractivity (Wildman–Crippen MR) is 82.2 cm³/mol. The number of unbranched alkanes of at least 4 members (excludes halogenated alkanes) is 1. The maximum atomic E-state index is 13.4. The van der Waals surface area contributed by atoms with E-state index in [1.807, 2.05) is 0 Å². The quantitative estimate of drug-likeness (QED) is 0.815. The van der Waals surface area contributed by atoms with Crippen LogP contribution in [0, 0.1) is 5.82 Å². The van der Waals surface area contributed by atoms with Crippen LogP contribution in [0.5, 0.6) is 0 Å². The molecule has 1 aliphatic heterocycles. The highest BCUT2D eigenvalue weighted by Gasteiger charge is 2.21. The number of nitrogens with zero attached hydrogens (tertiary/aromatic N) is 2. The molecular weight excluding hydrogens is 285 g/mol. The average molecular weight is 309 g/mol. The fourth-order valence-corrected chi connectivity index (χ4v) is 2.78. The summed E-state index contributed by atoms with van der Waals surface area (Å²) in [5.74, 6) is -0.968. The van der Waals surface area contributed by atoms with Crippen molar-refractivity contribution in [3.63, 3.8) is 0 Å². The summed E-state index contributed by atoms with van der Waals surface area (Å²) >= 11 is 0. The predicted octanol–water partition coefficient (Wildman–Crippen LogP) is 1.84. The third-order valence-corrected chi connectivity index (χ3v) is 3.70. The Morgan fingerprint density at radius 1 is 1.41 bits per heavy atom. The molecule has 1 fully saturated rings. The van der Waals surface area contributed by atoms with Crippen LogP contribution in [0.3, 0.4) is 0 Å². The van der Waals surface area contributed by atoms with Crippen molar-refractivity contribution in [2.45, 2.75) is 38.9 Å². The molecule has 0 aromatic carbocycles. The lowest BCUT2D eigenvalue weighted by Crippen LogP contribution is -2.45. The molecule has 2 rings (SSSR count). The average Bonchev–Trinajstić information content (AvgIpc) is 2.46. The van der Waals surface area contributed by atoms with Crippen LogP contribution in [0.25, 0.3) is 0 Å². The van der Waals surface area contributed by atoms with E-state index in [4.69, 9.17) is 4.74 Å². The van der Waals surface area contributed by atoms with Gasteiger partial charge in [0.2, 0.25) is 0 Å². The number of carbonyl (C=O) groups excluding carboxylic acids is 1. The normalized spacial score (nSPS) is 22.5. The van der Waals surface area contributed by atoms with Gasteiger partial charge in [-0.2, -0.15) is 0 Å². The number of pyridine rings is 1. The van der Waals surface area contributed by atoms with E-state index in [1.54, 1.807) is 0 Å². The number of hydrogen-bond donors (Lipinski definition) is 1. The van der Waals surface area contributed by atoms with Crippen molar-refractivity contribution in [2.24, 2.45) is 0 Å². The summed E-state index contributed by atoms with van der Waals surface area (Å²) in [7, 11) is 0. The zero-order valence-electron chi connectivity index (χ0n) is 13.2. The lowest BCUT2D eigenvalue weighted by Gasteiger charge is -2.35. The summed E-state index contributed by atoms with van der Waals surface area (Å²) in [6, 6.07) is 1.39. The molecule has 0 spiro atoms. The minimum atomic E-state index is -0.587. The van der Waals surface area contributed by atoms with E-state index < -0.39 is 5.82 Å². The van der Waals surface area contributed by atoms with Gasteiger partial charge in [-0.25, -0.2) is 4.39 Å². The Hall–Kier alpha value is -1.53. The van der Waals surface area contributed by atoms with Crippen LogP contribution in [0.2, 0.25) is 0 Å². The molecule has 0 bridgehead atoms. The van der Waals surface area contributed by atoms with E-state index in [1.165, 1.54) is 12.3 Å². The molecule has 22 heavy (non-hydrogen) atoms. The fourth-order valence-electron chi connectivity index (χ4n) is 2.78. The van der Waals surface area contributed by atoms with Crippen molar-refractivity contribution >= 4 is 5.91 Å². The van der Waals surface area contributed by atoms with Crippen LogP contribution < -0.4 is 5.32 Å². The minimum Gasteiger partial charge on any atom is -0.373 e. The van der Waals surface area contributed by atoms with Gasteiger partial charge in [0.1, 0.15) is 0 Å². The van der Waals surface area contributed by atoms with E-state index in [2.05, 4.69) is 29.0 Å². The van der Waals surface area contributed by atoms with E-state index in [-0.39, 0.29) is 23.7 Å². The molecule has 0 radical (unpaired) electrons. The first-order valence-electron chi connectivity index (χ1n) is 7.82. The van der Waals surface area contributed by atoms with Crippen molar-refractivity contribution in [1.82, 2.24) is 15.2 Å². The Morgan fingerprint density at radius 2 is 2.14 bits per heavy atom. The number of carbonyl (C=O) groups is 1. The van der Waals surface area contributed by atoms with Gasteiger partial charge in [-0.1, -0.05) is 0 Å². The third-order valence-electron chi connectivity index (χ3n) is 3.70. The number of morpholine rings is 1. The first-order chi connectivity index (χ1) is 10.6. The lowest BCUT2D eigenvalue weighted by molar-refractivity contribution is -0.0681. The molecule has 1 aromatic rings. The van der Waals surface area contributed by atoms with Crippen LogP contribution in [-0.4, -0.2) is 54.2 Å². The van der Waals surface area contributed by atoms with Crippen molar-refractivity contribution in [2.75, 3.05) is 26.2 Å². The van der Waals surface area contributed by atoms with Crippen molar-refractivity contribution in [3.05, 3.63) is 29.8 Å². The molecular formula is C16H24FN3O2. The van der Waals surface area contributed by atoms with Gasteiger partial charge in [0, 0.05) is 25.8 Å². The van der Waals surface area contributed by atoms with E-state index in [9.17, 15) is 9.18 Å². The summed E-state index contributed by atoms with van der Waals surface area (Å²) < 4.78 is 19.1. The first kappa shape index (κ1) is 16.8. The smallest absolute Gasteiger partial charge is 0.254 e. The van der Waals surface area contributed by atoms with E-state index in [0.717, 1.165) is 38.7 Å². The Morgan fingerprint density at radius 3 is 2.82 bits per heavy atom. The van der Waals surface area contributed by atoms with Gasteiger partial charge in [-0.05, 0) is 39.3 Å². The molecule has 0 unspecified atom stereocenters. The topological polar surface area (TPSA) is 54.5 Å². The van der Waals surface area contributed by atoms with Crippen LogP contribution in [0.15, 0.2) is 18.5 Å². The van der Waals surface area contributed by atoms with Gasteiger partial charge in [0.05, 0.1) is 24.0 Å². The van der Waals surface area contributed by atoms with Crippen LogP contribution in [0.4, 0.5) is 4.39 Å². The molecule has 0 saturated carbocycles. The van der Waals surface area contributed by atoms with Crippen molar-refractivity contribution in [1.29, 1.82) is 0 Å². The van der Waals surface area contributed by atoms with E-state index >= 15 is 0 Å². The van der Waals surface area contributed by atoms with Crippen molar-refractivity contribution < 1.29 is 13.9 Å². The monoisotopic (exact) mass is 309 g/mol. The summed E-state index contributed by atoms with van der Waals surface area (Å²) in [5, 5.41) is 2.75. The first-order valence-corrected chi connectivity index (χ1v) is 7.82. The third kappa shape index (κ3) is 5.03. The molecule has 1 N–H and O–H groups in total. The standard InChI is InChI=1S/C16H24FN3O2/c1-12-10-20(11-13(2)22-12)8-4-3-6-19-16(21)14-5-7-18-9-15(14)17/h5,7,9,12-13H,3-4,6,8,10-11H2,1-2H3,(H,19,21)/t12-,13+. The second-order valence-electron chi connectivity index (χ2n) is 5.84. The second-order valence-corrected chi connectivity index (χ2v) is 5.84. The molecule has 1 amide bonds. The van der Waals surface area contributed by atoms with E-state index in [0.29, 0.717) is 6.54 Å². The lowest BCUT2D eigenvalue weighted by atomic mass is 10.2. The fraction of sp³-hybridized carbons (Fsp3) is 0.625. The van der Waals surface area contributed by atoms with Crippen LogP contribution >= 0.6 is 0 Å². The molecule has 122 valence electrons. The number of nitrogens with one attached hydrogen (secondary N) is 1. The van der Waals surface area contributed by atoms with Gasteiger partial charge >= 0.3 is 0 Å². The summed E-state index contributed by atoms with van der Waals surface area (Å²) in [4.78, 5) is 17.8. The Bertz CT molecular complexity index is 488. The molecule has 1 aliphatic rings. The molecule has 2 atom stereocenters. The van der Waals surface area contributed by atoms with Gasteiger partial charge in [-0.15, -0.1) is 0 Å². The van der Waals surface area contributed by atoms with Gasteiger partial charge in [-0.3, -0.25) is 14.7 Å². The summed E-state index contributed by atoms with van der Waals surface area (Å²) in [5.41, 5.74) is 0.0471. The zero-order valence-corrected chi connectivity index (χ0v) is 13.2. The Labute approximate surface area is 130 Å². The van der Waals surface area contributed by atoms with Crippen LogP contribution in [0.1, 0.15) is 37.0 Å². The Kier molecular flexibility index (Phi) is 6.27. The molecule has 6 heteroatoms. The molecule has 5 nitrogen and oxygen atoms in total. The maximum absolute atomic E-state index is 13.4. The Balaban J connectivity index is 1.63. The highest BCUT2D eigenvalue weighted by molar-refractivity contribution is 5.94. The largest absolute Gasteiger partial charge is 0.373 e. The number of hydrogen-bond acceptors (Lipinski definition) is 4. The highest BCUT2D eigenvalue weighted by Crippen LogP contribution is 2.11. The van der Waals surface area contributed by atoms with Crippen molar-refractivity contribution in [3.8, 4) is 0 Å². The number of aromatic nitrogens is 1. The molecule has 2 heterocycles. The second kappa shape index (κ2) is 8.19. The minimum absolute atomic E-state index is 0.0471. The highest BCUT2D eigenvalue weighted by atomic mass is 19.1. The maximum Gasteiger partial charge on any atom is 0.254 e. The van der Waals surface area contributed by atoms with Crippen LogP contribution in [-0.2, 0) is 4.74 Å². The number of ether oxygens (including phenoxy) is 1. The number of amides is 1. The number of rotatable bonds is 6. The molecule has 1 saturated heterocycles. The SMILES string of the molecule is C[C@@H]1CN(CCCCNC(=O)c2ccncc2F)C[C@H](C)O1. The van der Waals surface area contributed by atoms with Gasteiger partial charge < -0.3 is 10.1 Å². The zero-order chi connectivity index (χ0) is 15.9. The van der Waals surface area contributed by atoms with Gasteiger partial charge in [0.15, 0.2) is 5.82 Å². The van der Waals surface area contributed by atoms with Gasteiger partial charge in [0.25, 0.3) is 5.91 Å². The molecule has 1 aromatic heterocycles. The molecule has 0 aliphatic carbocycles. The number of halogens is 1. The summed E-state index contributed by atoms with van der Waals surface area (Å²) in [6.07, 6.45) is 4.89. The summed E-state index contributed by atoms with van der Waals surface area (Å²) in [6.45, 7) is 7.64.